The zero-order valence-electron chi connectivity index (χ0n) is 25.6. The lowest BCUT2D eigenvalue weighted by Gasteiger charge is -2.29. The fourth-order valence-electron chi connectivity index (χ4n) is 5.31. The van der Waals surface area contributed by atoms with E-state index in [1.54, 1.807) is 16.8 Å². The number of aromatic nitrogens is 1. The molecule has 2 atom stereocenters. The van der Waals surface area contributed by atoms with Gasteiger partial charge in [0.05, 0.1) is 25.0 Å². The Morgan fingerprint density at radius 3 is 2.56 bits per heavy atom. The second kappa shape index (κ2) is 11.9. The van der Waals surface area contributed by atoms with Crippen molar-refractivity contribution in [2.75, 3.05) is 26.0 Å². The molecule has 1 saturated carbocycles. The van der Waals surface area contributed by atoms with E-state index in [4.69, 9.17) is 20.9 Å². The van der Waals surface area contributed by atoms with Gasteiger partial charge in [0.15, 0.2) is 17.4 Å². The summed E-state index contributed by atoms with van der Waals surface area (Å²) in [5, 5.41) is 18.3. The largest absolute Gasteiger partial charge is 0.495 e. The molecule has 4 aromatic rings. The molecule has 0 saturated heterocycles. The first-order valence-electron chi connectivity index (χ1n) is 14.6. The molecule has 2 aromatic carbocycles. The molecule has 250 valence electrons. The molecule has 15 heteroatoms. The van der Waals surface area contributed by atoms with E-state index in [-0.39, 0.29) is 70.3 Å². The van der Waals surface area contributed by atoms with Crippen LogP contribution in [-0.4, -0.2) is 54.2 Å². The third kappa shape index (κ3) is 5.72. The molecule has 1 fully saturated rings. The number of alkyl halides is 1. The summed E-state index contributed by atoms with van der Waals surface area (Å²) in [6.07, 6.45) is 1.77. The highest BCUT2D eigenvalue weighted by Gasteiger charge is 2.46. The van der Waals surface area contributed by atoms with Crippen molar-refractivity contribution >= 4 is 35.1 Å². The number of ether oxygens (including phenoxy) is 2. The smallest absolute Gasteiger partial charge is 0.251 e. The van der Waals surface area contributed by atoms with E-state index in [1.807, 2.05) is 0 Å². The number of hydrogen-bond donors (Lipinski definition) is 4. The Labute approximate surface area is 275 Å². The zero-order valence-corrected chi connectivity index (χ0v) is 26.4. The number of pyridine rings is 1. The average molecular weight is 684 g/mol. The molecule has 6 rings (SSSR count). The Morgan fingerprint density at radius 1 is 1.19 bits per heavy atom. The monoisotopic (exact) mass is 683 g/mol. The fraction of sp³-hybridized carbons (Fsp3) is 0.273. The number of anilines is 1. The first-order chi connectivity index (χ1) is 22.7. The van der Waals surface area contributed by atoms with Crippen LogP contribution in [0.5, 0.6) is 11.5 Å². The Bertz CT molecular complexity index is 1990. The van der Waals surface area contributed by atoms with E-state index in [2.05, 4.69) is 15.3 Å². The van der Waals surface area contributed by atoms with E-state index < -0.39 is 58.2 Å². The number of hydrogen-bond acceptors (Lipinski definition) is 9. The number of aliphatic imine (C=N–C) groups is 1. The summed E-state index contributed by atoms with van der Waals surface area (Å²) in [7, 11) is 1.34. The highest BCUT2D eigenvalue weighted by Crippen LogP contribution is 2.47. The van der Waals surface area contributed by atoms with Gasteiger partial charge in [-0.3, -0.25) is 14.6 Å². The number of methoxy groups -OCH3 is 1. The van der Waals surface area contributed by atoms with Gasteiger partial charge in [0.2, 0.25) is 5.91 Å². The number of nitrogens with one attached hydrogen (secondary N) is 1. The quantitative estimate of drug-likeness (QED) is 0.0629. The molecule has 10 nitrogen and oxygen atoms in total. The third-order valence-corrected chi connectivity index (χ3v) is 9.25. The van der Waals surface area contributed by atoms with Crippen LogP contribution < -0.4 is 26.3 Å². The minimum absolute atomic E-state index is 0.0417. The van der Waals surface area contributed by atoms with Gasteiger partial charge >= 0.3 is 0 Å². The van der Waals surface area contributed by atoms with E-state index in [1.165, 1.54) is 49.8 Å². The van der Waals surface area contributed by atoms with E-state index in [9.17, 15) is 27.9 Å². The number of aliphatic hydroxyl groups is 1. The minimum atomic E-state index is -2.13. The molecule has 0 radical (unpaired) electrons. The van der Waals surface area contributed by atoms with Gasteiger partial charge in [-0.2, -0.15) is 11.3 Å². The lowest BCUT2D eigenvalue weighted by atomic mass is 9.81. The van der Waals surface area contributed by atoms with Gasteiger partial charge in [0.25, 0.3) is 5.91 Å². The molecule has 3 heterocycles. The summed E-state index contributed by atoms with van der Waals surface area (Å²) < 4.78 is 68.7. The van der Waals surface area contributed by atoms with Gasteiger partial charge in [0, 0.05) is 52.9 Å². The van der Waals surface area contributed by atoms with Crippen molar-refractivity contribution in [1.82, 2.24) is 10.3 Å². The predicted octanol–water partition coefficient (Wildman–Crippen LogP) is 4.50. The van der Waals surface area contributed by atoms with E-state index >= 15 is 4.39 Å². The second-order valence-corrected chi connectivity index (χ2v) is 12.7. The van der Waals surface area contributed by atoms with Gasteiger partial charge in [0.1, 0.15) is 40.6 Å². The van der Waals surface area contributed by atoms with Crippen molar-refractivity contribution in [3.63, 3.8) is 0 Å². The zero-order chi connectivity index (χ0) is 34.6. The Morgan fingerprint density at radius 2 is 1.92 bits per heavy atom. The van der Waals surface area contributed by atoms with Crippen molar-refractivity contribution < 1.29 is 41.7 Å². The number of carbonyl (C=O) groups is 2. The van der Waals surface area contributed by atoms with Crippen LogP contribution in [0.1, 0.15) is 52.5 Å². The number of benzene rings is 2. The number of nitrogens with zero attached hydrogens (tertiary/aromatic N) is 2. The number of halogens is 4. The maximum absolute atomic E-state index is 15.2. The number of rotatable bonds is 10. The highest BCUT2D eigenvalue weighted by atomic mass is 32.1. The number of nitrogen functional groups attached to an aromatic ring is 1. The standard InChI is InChI=1S/C33H29F4N5O5S/c1-31(30(39)44)15-47-28-20(31)10-25(42-27(28)19-9-22(35)23(36)11-21(19)34)33(45,18-3-6-48-13-18)14-40-29(43)16-7-17(12-41-32(37)4-5-32)26(38)24(8-16)46-2/h3,6-13,45H,4-5,14-15,38H2,1-2H3,(H2,39,44)(H,40,43)/b41-12+/t31-,33+/m0/s1. The van der Waals surface area contributed by atoms with E-state index in [0.29, 0.717) is 12.1 Å². The molecule has 6 N–H and O–H groups in total. The molecular weight excluding hydrogens is 654 g/mol. The van der Waals surface area contributed by atoms with Crippen molar-refractivity contribution in [2.24, 2.45) is 10.7 Å². The first-order valence-corrected chi connectivity index (χ1v) is 15.5. The second-order valence-electron chi connectivity index (χ2n) is 11.9. The first kappa shape index (κ1) is 32.9. The maximum atomic E-state index is 15.2. The lowest BCUT2D eigenvalue weighted by molar-refractivity contribution is -0.123. The van der Waals surface area contributed by atoms with Gasteiger partial charge in [-0.25, -0.2) is 22.5 Å². The maximum Gasteiger partial charge on any atom is 0.251 e. The molecule has 0 bridgehead atoms. The molecule has 2 aliphatic rings. The molecule has 2 amide bonds. The van der Waals surface area contributed by atoms with Crippen LogP contribution in [0.25, 0.3) is 11.3 Å². The number of nitrogens with two attached hydrogens (primary N) is 2. The van der Waals surface area contributed by atoms with Gasteiger partial charge in [-0.15, -0.1) is 0 Å². The molecular formula is C33H29F4N5O5S. The summed E-state index contributed by atoms with van der Waals surface area (Å²) in [5.41, 5.74) is 8.05. The van der Waals surface area contributed by atoms with Crippen molar-refractivity contribution in [3.8, 4) is 22.8 Å². The topological polar surface area (TPSA) is 162 Å². The summed E-state index contributed by atoms with van der Waals surface area (Å²) in [6, 6.07) is 6.61. The van der Waals surface area contributed by atoms with Gasteiger partial charge in [-0.05, 0) is 48.0 Å². The number of carbonyl (C=O) groups excluding carboxylic acids is 2. The molecule has 0 spiro atoms. The fourth-order valence-corrected chi connectivity index (χ4v) is 6.03. The molecule has 1 aliphatic carbocycles. The molecule has 0 unspecified atom stereocenters. The van der Waals surface area contributed by atoms with Gasteiger partial charge in [-0.1, -0.05) is 0 Å². The third-order valence-electron chi connectivity index (χ3n) is 8.56. The van der Waals surface area contributed by atoms with Crippen LogP contribution in [0, 0.1) is 17.5 Å². The molecule has 2 aromatic heterocycles. The average Bonchev–Trinajstić information content (AvgIpc) is 3.39. The summed E-state index contributed by atoms with van der Waals surface area (Å²) in [5.74, 6) is -7.14. The Hall–Kier alpha value is -5.02. The summed E-state index contributed by atoms with van der Waals surface area (Å²) in [4.78, 5) is 34.6. The number of thiophene rings is 1. The van der Waals surface area contributed by atoms with Crippen molar-refractivity contribution in [1.29, 1.82) is 0 Å². The minimum Gasteiger partial charge on any atom is -0.495 e. The summed E-state index contributed by atoms with van der Waals surface area (Å²) in [6.45, 7) is 0.680. The highest BCUT2D eigenvalue weighted by molar-refractivity contribution is 7.08. The van der Waals surface area contributed by atoms with Crippen LogP contribution in [0.3, 0.4) is 0 Å². The van der Waals surface area contributed by atoms with Crippen molar-refractivity contribution in [2.45, 2.75) is 36.6 Å². The lowest BCUT2D eigenvalue weighted by Crippen LogP contribution is -2.43. The van der Waals surface area contributed by atoms with Crippen LogP contribution in [0.4, 0.5) is 23.2 Å². The normalized spacial score (nSPS) is 19.0. The Balaban J connectivity index is 1.44. The van der Waals surface area contributed by atoms with Gasteiger partial charge < -0.3 is 31.4 Å². The molecule has 48 heavy (non-hydrogen) atoms. The molecule has 1 aliphatic heterocycles. The van der Waals surface area contributed by atoms with Crippen LogP contribution in [0.15, 0.2) is 52.2 Å². The van der Waals surface area contributed by atoms with Crippen LogP contribution in [0.2, 0.25) is 0 Å². The van der Waals surface area contributed by atoms with E-state index in [0.717, 1.165) is 0 Å². The Kier molecular flexibility index (Phi) is 8.15. The number of fused-ring (bicyclic) bond motifs is 1. The number of amides is 2. The van der Waals surface area contributed by atoms with Crippen LogP contribution >= 0.6 is 11.3 Å². The number of primary amides is 1. The van der Waals surface area contributed by atoms with Crippen molar-refractivity contribution in [3.05, 3.63) is 92.6 Å². The SMILES string of the molecule is COc1cc(C(=O)NC[C@@](O)(c2ccsc2)c2cc3c(c(-c4cc(F)c(F)cc4F)n2)OC[C@]3(C)C(N)=O)cc(/C=N/C2(F)CC2)c1N. The predicted molar refractivity (Wildman–Crippen MR) is 169 cm³/mol. The van der Waals surface area contributed by atoms with Crippen LogP contribution in [-0.2, 0) is 15.8 Å². The summed E-state index contributed by atoms with van der Waals surface area (Å²) >= 11 is 1.22.